The smallest absolute Gasteiger partial charge is 0.258 e. The number of nitrogens with two attached hydrogens (primary N) is 1. The van der Waals surface area contributed by atoms with Gasteiger partial charge in [0.05, 0.1) is 6.20 Å². The first kappa shape index (κ1) is 15.0. The van der Waals surface area contributed by atoms with Gasteiger partial charge in [0.15, 0.2) is 6.61 Å². The molecule has 0 saturated carbocycles. The number of pyridine rings is 1. The lowest BCUT2D eigenvalue weighted by Crippen LogP contribution is -2.28. The van der Waals surface area contributed by atoms with Gasteiger partial charge in [0.1, 0.15) is 5.75 Å². The Bertz CT molecular complexity index is 555. The van der Waals surface area contributed by atoms with Crippen LogP contribution in [0.1, 0.15) is 11.3 Å². The molecule has 0 aliphatic carbocycles. The van der Waals surface area contributed by atoms with E-state index >= 15 is 0 Å². The normalized spacial score (nSPS) is 10.1. The number of carbonyl (C=O) groups excluding carboxylic acids is 1. The lowest BCUT2D eigenvalue weighted by molar-refractivity contribution is -0.123. The van der Waals surface area contributed by atoms with Crippen molar-refractivity contribution in [2.45, 2.75) is 13.0 Å². The molecule has 0 aliphatic rings. The average molecular weight is 285 g/mol. The molecular formula is C16H19N3O2. The molecule has 0 atom stereocenters. The Morgan fingerprint density at radius 1 is 1.19 bits per heavy atom. The van der Waals surface area contributed by atoms with Crippen LogP contribution in [0.25, 0.3) is 0 Å². The topological polar surface area (TPSA) is 77.2 Å². The van der Waals surface area contributed by atoms with E-state index in [4.69, 9.17) is 10.5 Å². The summed E-state index contributed by atoms with van der Waals surface area (Å²) in [5.74, 6) is 0.413. The first-order valence-corrected chi connectivity index (χ1v) is 6.86. The van der Waals surface area contributed by atoms with Crippen molar-refractivity contribution in [3.05, 3.63) is 59.9 Å². The van der Waals surface area contributed by atoms with Crippen LogP contribution in [0.5, 0.6) is 5.75 Å². The highest BCUT2D eigenvalue weighted by Gasteiger charge is 2.03. The Balaban J connectivity index is 1.73. The predicted molar refractivity (Wildman–Crippen MR) is 80.8 cm³/mol. The number of carbonyl (C=O) groups is 1. The summed E-state index contributed by atoms with van der Waals surface area (Å²) in [4.78, 5) is 15.9. The molecule has 5 heteroatoms. The Morgan fingerprint density at radius 2 is 2.00 bits per heavy atom. The minimum atomic E-state index is -0.162. The van der Waals surface area contributed by atoms with Crippen LogP contribution in [0.4, 0.5) is 0 Å². The lowest BCUT2D eigenvalue weighted by atomic mass is 10.2. The summed E-state index contributed by atoms with van der Waals surface area (Å²) >= 11 is 0. The van der Waals surface area contributed by atoms with Crippen LogP contribution < -0.4 is 15.8 Å². The summed E-state index contributed by atoms with van der Waals surface area (Å²) in [7, 11) is 0. The first-order chi connectivity index (χ1) is 10.3. The van der Waals surface area contributed by atoms with Gasteiger partial charge >= 0.3 is 0 Å². The molecule has 0 saturated heterocycles. The van der Waals surface area contributed by atoms with Gasteiger partial charge in [0.2, 0.25) is 0 Å². The molecule has 1 aromatic heterocycles. The highest BCUT2D eigenvalue weighted by atomic mass is 16.5. The fourth-order valence-corrected chi connectivity index (χ4v) is 1.79. The van der Waals surface area contributed by atoms with E-state index in [-0.39, 0.29) is 12.5 Å². The fourth-order valence-electron chi connectivity index (χ4n) is 1.79. The van der Waals surface area contributed by atoms with Gasteiger partial charge in [0.25, 0.3) is 5.91 Å². The third-order valence-electron chi connectivity index (χ3n) is 2.90. The van der Waals surface area contributed by atoms with E-state index in [0.29, 0.717) is 18.8 Å². The van der Waals surface area contributed by atoms with E-state index in [0.717, 1.165) is 17.7 Å². The van der Waals surface area contributed by atoms with Gasteiger partial charge in [-0.05, 0) is 24.2 Å². The van der Waals surface area contributed by atoms with Crippen LogP contribution in [-0.2, 0) is 17.8 Å². The number of amides is 1. The highest BCUT2D eigenvalue weighted by Crippen LogP contribution is 2.09. The monoisotopic (exact) mass is 285 g/mol. The molecule has 0 spiro atoms. The predicted octanol–water partition coefficient (Wildman–Crippen LogP) is 1.28. The molecule has 2 aromatic rings. The first-order valence-electron chi connectivity index (χ1n) is 6.86. The van der Waals surface area contributed by atoms with Crippen LogP contribution in [0.2, 0.25) is 0 Å². The van der Waals surface area contributed by atoms with Crippen molar-refractivity contribution in [2.75, 3.05) is 13.2 Å². The largest absolute Gasteiger partial charge is 0.482 e. The van der Waals surface area contributed by atoms with Gasteiger partial charge in [-0.1, -0.05) is 30.3 Å². The van der Waals surface area contributed by atoms with Crippen LogP contribution >= 0.6 is 0 Å². The number of aromatic nitrogens is 1. The zero-order chi connectivity index (χ0) is 14.9. The van der Waals surface area contributed by atoms with E-state index in [1.807, 2.05) is 36.4 Å². The summed E-state index contributed by atoms with van der Waals surface area (Å²) in [6.45, 7) is 1.04. The van der Waals surface area contributed by atoms with Crippen LogP contribution in [0, 0.1) is 0 Å². The fraction of sp³-hybridized carbons (Fsp3) is 0.250. The molecule has 1 aromatic carbocycles. The Morgan fingerprint density at radius 3 is 2.67 bits per heavy atom. The van der Waals surface area contributed by atoms with E-state index in [2.05, 4.69) is 10.3 Å². The number of benzene rings is 1. The molecule has 21 heavy (non-hydrogen) atoms. The molecule has 0 radical (unpaired) electrons. The van der Waals surface area contributed by atoms with Crippen molar-refractivity contribution in [2.24, 2.45) is 5.73 Å². The molecule has 110 valence electrons. The van der Waals surface area contributed by atoms with Crippen LogP contribution in [0.3, 0.4) is 0 Å². The SMILES string of the molecule is NCCc1ccc(OCC(=O)NCc2ccccc2)cn1. The van der Waals surface area contributed by atoms with Crippen molar-refractivity contribution in [3.63, 3.8) is 0 Å². The van der Waals surface area contributed by atoms with Gasteiger partial charge < -0.3 is 15.8 Å². The number of nitrogens with one attached hydrogen (secondary N) is 1. The molecule has 0 unspecified atom stereocenters. The summed E-state index contributed by atoms with van der Waals surface area (Å²) in [5.41, 5.74) is 7.42. The molecule has 3 N–H and O–H groups in total. The second kappa shape index (κ2) is 8.01. The molecule has 0 bridgehead atoms. The van der Waals surface area contributed by atoms with Gasteiger partial charge in [0, 0.05) is 18.7 Å². The Hall–Kier alpha value is -2.40. The minimum absolute atomic E-state index is 0.0231. The quantitative estimate of drug-likeness (QED) is 0.803. The molecule has 0 fully saturated rings. The van der Waals surface area contributed by atoms with Crippen molar-refractivity contribution < 1.29 is 9.53 Å². The number of hydrogen-bond acceptors (Lipinski definition) is 4. The molecule has 5 nitrogen and oxygen atoms in total. The number of ether oxygens (including phenoxy) is 1. The molecular weight excluding hydrogens is 266 g/mol. The second-order valence-corrected chi connectivity index (χ2v) is 4.57. The highest BCUT2D eigenvalue weighted by molar-refractivity contribution is 5.77. The standard InChI is InChI=1S/C16H19N3O2/c17-9-8-14-6-7-15(11-18-14)21-12-16(20)19-10-13-4-2-1-3-5-13/h1-7,11H,8-10,12,17H2,(H,19,20). The zero-order valence-corrected chi connectivity index (χ0v) is 11.8. The van der Waals surface area contributed by atoms with E-state index in [9.17, 15) is 4.79 Å². The Labute approximate surface area is 124 Å². The number of hydrogen-bond donors (Lipinski definition) is 2. The minimum Gasteiger partial charge on any atom is -0.482 e. The second-order valence-electron chi connectivity index (χ2n) is 4.57. The maximum absolute atomic E-state index is 11.7. The van der Waals surface area contributed by atoms with Gasteiger partial charge in [-0.15, -0.1) is 0 Å². The van der Waals surface area contributed by atoms with Crippen molar-refractivity contribution in [1.29, 1.82) is 0 Å². The van der Waals surface area contributed by atoms with Crippen molar-refractivity contribution in [1.82, 2.24) is 10.3 Å². The van der Waals surface area contributed by atoms with Crippen LogP contribution in [-0.4, -0.2) is 24.0 Å². The summed E-state index contributed by atoms with van der Waals surface area (Å²) in [6, 6.07) is 13.4. The lowest BCUT2D eigenvalue weighted by Gasteiger charge is -2.08. The number of nitrogens with zero attached hydrogens (tertiary/aromatic N) is 1. The summed E-state index contributed by atoms with van der Waals surface area (Å²) < 4.78 is 5.38. The Kier molecular flexibility index (Phi) is 5.72. The maximum atomic E-state index is 11.7. The van der Waals surface area contributed by atoms with Crippen LogP contribution in [0.15, 0.2) is 48.7 Å². The van der Waals surface area contributed by atoms with Gasteiger partial charge in [-0.25, -0.2) is 0 Å². The van der Waals surface area contributed by atoms with Gasteiger partial charge in [-0.2, -0.15) is 0 Å². The summed E-state index contributed by atoms with van der Waals surface area (Å²) in [5, 5.41) is 2.80. The zero-order valence-electron chi connectivity index (χ0n) is 11.8. The third-order valence-corrected chi connectivity index (χ3v) is 2.90. The van der Waals surface area contributed by atoms with Crippen molar-refractivity contribution in [3.8, 4) is 5.75 Å². The van der Waals surface area contributed by atoms with E-state index < -0.39 is 0 Å². The molecule has 2 rings (SSSR count). The number of rotatable bonds is 7. The molecule has 1 heterocycles. The summed E-state index contributed by atoms with van der Waals surface area (Å²) in [6.07, 6.45) is 2.34. The van der Waals surface area contributed by atoms with Crippen molar-refractivity contribution >= 4 is 5.91 Å². The molecule has 1 amide bonds. The van der Waals surface area contributed by atoms with E-state index in [1.165, 1.54) is 0 Å². The molecule has 0 aliphatic heterocycles. The average Bonchev–Trinajstić information content (AvgIpc) is 2.53. The van der Waals surface area contributed by atoms with Gasteiger partial charge in [-0.3, -0.25) is 9.78 Å². The third kappa shape index (κ3) is 5.24. The maximum Gasteiger partial charge on any atom is 0.258 e. The van der Waals surface area contributed by atoms with E-state index in [1.54, 1.807) is 12.3 Å².